The van der Waals surface area contributed by atoms with E-state index < -0.39 is 61.4 Å². The molecule has 0 unspecified atom stereocenters. The molecule has 0 saturated carbocycles. The molecule has 24 heavy (non-hydrogen) atoms. The third-order valence-corrected chi connectivity index (χ3v) is 8.24. The SMILES string of the molecule is CCCC(CC)(S(=O)(=O)C(F)(F)F)S(=O)(=O)C(F)(F)F.OB(O)O. The molecule has 0 atom stereocenters. The minimum Gasteiger partial charge on any atom is -0.402 e. The Balaban J connectivity index is 0. The van der Waals surface area contributed by atoms with Crippen LogP contribution >= 0.6 is 0 Å². The Morgan fingerprint density at radius 3 is 1.17 bits per heavy atom. The first-order valence-electron chi connectivity index (χ1n) is 6.01. The highest BCUT2D eigenvalue weighted by Gasteiger charge is 2.71. The van der Waals surface area contributed by atoms with Crippen LogP contribution in [0.1, 0.15) is 33.1 Å². The average Bonchev–Trinajstić information content (AvgIpc) is 2.31. The van der Waals surface area contributed by atoms with E-state index in [-0.39, 0.29) is 0 Å². The largest absolute Gasteiger partial charge is 0.631 e. The van der Waals surface area contributed by atoms with Gasteiger partial charge in [0.25, 0.3) is 19.7 Å². The minimum atomic E-state index is -6.56. The predicted octanol–water partition coefficient (Wildman–Crippen LogP) is 0.710. The van der Waals surface area contributed by atoms with Gasteiger partial charge >= 0.3 is 18.3 Å². The van der Waals surface area contributed by atoms with Crippen LogP contribution in [0, 0.1) is 0 Å². The summed E-state index contributed by atoms with van der Waals surface area (Å²) in [5.74, 6) is 0. The van der Waals surface area contributed by atoms with Crippen LogP contribution in [-0.2, 0) is 19.7 Å². The second-order valence-corrected chi connectivity index (χ2v) is 9.02. The Bertz CT molecular complexity index is 549. The van der Waals surface area contributed by atoms with Crippen molar-refractivity contribution in [3.63, 3.8) is 0 Å². The number of alkyl halides is 6. The topological polar surface area (TPSA) is 129 Å². The summed E-state index contributed by atoms with van der Waals surface area (Å²) in [6, 6.07) is 0. The van der Waals surface area contributed by atoms with Crippen molar-refractivity contribution in [1.29, 1.82) is 0 Å². The van der Waals surface area contributed by atoms with Crippen molar-refractivity contribution in [2.75, 3.05) is 0 Å². The van der Waals surface area contributed by atoms with Gasteiger partial charge in [-0.25, -0.2) is 16.8 Å². The van der Waals surface area contributed by atoms with E-state index in [0.717, 1.165) is 6.92 Å². The van der Waals surface area contributed by atoms with Gasteiger partial charge < -0.3 is 15.1 Å². The maximum absolute atomic E-state index is 12.5. The van der Waals surface area contributed by atoms with E-state index in [0.29, 0.717) is 6.92 Å². The van der Waals surface area contributed by atoms with Gasteiger partial charge in [0.05, 0.1) is 0 Å². The molecule has 0 amide bonds. The lowest BCUT2D eigenvalue weighted by atomic mass is 10.2. The fourth-order valence-electron chi connectivity index (χ4n) is 1.77. The molecule has 0 radical (unpaired) electrons. The van der Waals surface area contributed by atoms with Gasteiger partial charge in [-0.1, -0.05) is 20.3 Å². The second-order valence-electron chi connectivity index (χ2n) is 4.26. The molecule has 0 aromatic heterocycles. The van der Waals surface area contributed by atoms with Crippen molar-refractivity contribution in [3.05, 3.63) is 0 Å². The Labute approximate surface area is 134 Å². The Morgan fingerprint density at radius 1 is 0.792 bits per heavy atom. The summed E-state index contributed by atoms with van der Waals surface area (Å²) in [5, 5.41) is 21.5. The van der Waals surface area contributed by atoms with Crippen LogP contribution in [0.3, 0.4) is 0 Å². The lowest BCUT2D eigenvalue weighted by Crippen LogP contribution is -2.55. The molecule has 0 saturated heterocycles. The molecule has 7 nitrogen and oxygen atoms in total. The number of hydrogen-bond acceptors (Lipinski definition) is 7. The van der Waals surface area contributed by atoms with E-state index in [2.05, 4.69) is 0 Å². The molecule has 0 heterocycles. The molecular formula is C8H15BF6O7S2. The zero-order chi connectivity index (χ0) is 20.2. The summed E-state index contributed by atoms with van der Waals surface area (Å²) < 4.78 is 117. The molecule has 0 fully saturated rings. The van der Waals surface area contributed by atoms with Crippen LogP contribution in [0.2, 0.25) is 0 Å². The molecule has 0 aromatic carbocycles. The first kappa shape index (κ1) is 25.7. The summed E-state index contributed by atoms with van der Waals surface area (Å²) in [6.45, 7) is 1.74. The molecule has 0 aliphatic carbocycles. The fraction of sp³-hybridized carbons (Fsp3) is 1.00. The highest BCUT2D eigenvalue weighted by Crippen LogP contribution is 2.47. The Kier molecular flexibility index (Phi) is 8.77. The van der Waals surface area contributed by atoms with E-state index in [1.165, 1.54) is 0 Å². The average molecular weight is 412 g/mol. The lowest BCUT2D eigenvalue weighted by molar-refractivity contribution is -0.0496. The Morgan fingerprint density at radius 2 is 1.04 bits per heavy atom. The number of sulfone groups is 2. The molecular weight excluding hydrogens is 397 g/mol. The van der Waals surface area contributed by atoms with E-state index >= 15 is 0 Å². The lowest BCUT2D eigenvalue weighted by Gasteiger charge is -2.32. The standard InChI is InChI=1S/C8H12F6O4S2.BH3O3/c1-3-5-6(4-2,19(15,16)7(9,10)11)20(17,18)8(12,13)14;2-1(3)4/h3-5H2,1-2H3;2-4H. The number of halogens is 6. The van der Waals surface area contributed by atoms with E-state index in [1.54, 1.807) is 0 Å². The molecule has 0 rings (SSSR count). The third kappa shape index (κ3) is 4.97. The zero-order valence-corrected chi connectivity index (χ0v) is 13.9. The number of hydrogen-bond donors (Lipinski definition) is 3. The van der Waals surface area contributed by atoms with Gasteiger partial charge in [-0.05, 0) is 12.8 Å². The summed E-state index contributed by atoms with van der Waals surface area (Å²) in [7, 11) is -15.3. The van der Waals surface area contributed by atoms with Crippen molar-refractivity contribution >= 4 is 27.0 Å². The first-order valence-corrected chi connectivity index (χ1v) is 8.98. The van der Waals surface area contributed by atoms with Crippen LogP contribution < -0.4 is 0 Å². The minimum absolute atomic E-state index is 0.488. The van der Waals surface area contributed by atoms with Gasteiger partial charge in [-0.2, -0.15) is 26.3 Å². The molecule has 0 spiro atoms. The van der Waals surface area contributed by atoms with Crippen molar-refractivity contribution in [2.24, 2.45) is 0 Å². The molecule has 3 N–H and O–H groups in total. The molecule has 0 aromatic rings. The third-order valence-electron chi connectivity index (χ3n) is 2.76. The molecule has 146 valence electrons. The van der Waals surface area contributed by atoms with Gasteiger partial charge in [0.15, 0.2) is 4.08 Å². The number of rotatable bonds is 5. The molecule has 0 aliphatic rings. The molecule has 0 aliphatic heterocycles. The summed E-state index contributed by atoms with van der Waals surface area (Å²) in [6.07, 6.45) is -3.14. The van der Waals surface area contributed by atoms with E-state index in [4.69, 9.17) is 15.1 Å². The van der Waals surface area contributed by atoms with Gasteiger partial charge in [0.1, 0.15) is 0 Å². The first-order chi connectivity index (χ1) is 10.4. The smallest absolute Gasteiger partial charge is 0.402 e. The molecule has 0 bridgehead atoms. The van der Waals surface area contributed by atoms with E-state index in [9.17, 15) is 43.2 Å². The summed E-state index contributed by atoms with van der Waals surface area (Å²) in [4.78, 5) is 0. The fourth-order valence-corrected chi connectivity index (χ4v) is 6.04. The summed E-state index contributed by atoms with van der Waals surface area (Å²) in [5.41, 5.74) is -12.2. The van der Waals surface area contributed by atoms with E-state index in [1.807, 2.05) is 0 Å². The van der Waals surface area contributed by atoms with Gasteiger partial charge in [-0.15, -0.1) is 0 Å². The maximum atomic E-state index is 12.5. The zero-order valence-electron chi connectivity index (χ0n) is 12.3. The Hall–Kier alpha value is -0.575. The van der Waals surface area contributed by atoms with Crippen LogP contribution in [0.5, 0.6) is 0 Å². The quantitative estimate of drug-likeness (QED) is 0.448. The summed E-state index contributed by atoms with van der Waals surface area (Å²) >= 11 is 0. The van der Waals surface area contributed by atoms with Crippen molar-refractivity contribution in [2.45, 2.75) is 48.2 Å². The van der Waals surface area contributed by atoms with Crippen molar-refractivity contribution in [3.8, 4) is 0 Å². The van der Waals surface area contributed by atoms with Gasteiger partial charge in [0.2, 0.25) is 0 Å². The highest BCUT2D eigenvalue weighted by atomic mass is 32.3. The van der Waals surface area contributed by atoms with Gasteiger partial charge in [0, 0.05) is 0 Å². The van der Waals surface area contributed by atoms with Crippen LogP contribution in [0.25, 0.3) is 0 Å². The van der Waals surface area contributed by atoms with Gasteiger partial charge in [-0.3, -0.25) is 0 Å². The maximum Gasteiger partial charge on any atom is 0.631 e. The monoisotopic (exact) mass is 412 g/mol. The van der Waals surface area contributed by atoms with Crippen LogP contribution in [0.4, 0.5) is 26.3 Å². The second kappa shape index (κ2) is 8.20. The molecule has 16 heteroatoms. The van der Waals surface area contributed by atoms with Crippen LogP contribution in [0.15, 0.2) is 0 Å². The van der Waals surface area contributed by atoms with Crippen molar-refractivity contribution < 1.29 is 58.3 Å². The predicted molar refractivity (Wildman–Crippen MR) is 70.3 cm³/mol. The highest BCUT2D eigenvalue weighted by molar-refractivity contribution is 8.11. The normalized spacial score (nSPS) is 14.0. The van der Waals surface area contributed by atoms with Crippen molar-refractivity contribution in [1.82, 2.24) is 0 Å². The van der Waals surface area contributed by atoms with Crippen LogP contribution in [-0.4, -0.2) is 54.3 Å².